The van der Waals surface area contributed by atoms with Gasteiger partial charge in [-0.3, -0.25) is 4.79 Å². The molecule has 1 fully saturated rings. The van der Waals surface area contributed by atoms with Gasteiger partial charge in [-0.25, -0.2) is 9.97 Å². The first-order valence-electron chi connectivity index (χ1n) is 8.41. The fraction of sp³-hybridized carbons (Fsp3) is 0.389. The lowest BCUT2D eigenvalue weighted by atomic mass is 10.2. The quantitative estimate of drug-likeness (QED) is 0.788. The molecule has 1 saturated heterocycles. The second-order valence-corrected chi connectivity index (χ2v) is 7.12. The van der Waals surface area contributed by atoms with E-state index in [0.717, 1.165) is 25.9 Å². The Balaban J connectivity index is 1.84. The third-order valence-corrected chi connectivity index (χ3v) is 5.02. The molecule has 0 radical (unpaired) electrons. The van der Waals surface area contributed by atoms with Gasteiger partial charge in [-0.05, 0) is 38.8 Å². The zero-order valence-corrected chi connectivity index (χ0v) is 15.4. The topological polar surface area (TPSA) is 58.1 Å². The number of amides is 1. The minimum Gasteiger partial charge on any atom is -0.341 e. The summed E-state index contributed by atoms with van der Waals surface area (Å²) < 4.78 is 25.4. The normalized spacial score (nSPS) is 14.1. The van der Waals surface area contributed by atoms with Gasteiger partial charge in [0.05, 0.1) is 22.6 Å². The van der Waals surface area contributed by atoms with Gasteiger partial charge in [0.25, 0.3) is 11.7 Å². The second-order valence-electron chi connectivity index (χ2n) is 6.09. The lowest BCUT2D eigenvalue weighted by molar-refractivity contribution is 0.102. The first kappa shape index (κ1) is 18.6. The highest BCUT2D eigenvalue weighted by molar-refractivity contribution is 7.99. The largest absolute Gasteiger partial charge is 0.341 e. The van der Waals surface area contributed by atoms with E-state index in [1.54, 1.807) is 12.1 Å². The van der Waals surface area contributed by atoms with E-state index >= 15 is 0 Å². The molecule has 26 heavy (non-hydrogen) atoms. The van der Waals surface area contributed by atoms with Crippen molar-refractivity contribution in [1.29, 1.82) is 0 Å². The second kappa shape index (κ2) is 7.99. The summed E-state index contributed by atoms with van der Waals surface area (Å²) in [7, 11) is 0. The van der Waals surface area contributed by atoms with E-state index in [1.807, 2.05) is 13.8 Å². The number of alkyl halides is 2. The number of nitrogens with zero attached hydrogens (tertiary/aromatic N) is 3. The number of aryl methyl sites for hydroxylation is 2. The van der Waals surface area contributed by atoms with Crippen molar-refractivity contribution in [2.24, 2.45) is 0 Å². The Morgan fingerprint density at radius 3 is 2.38 bits per heavy atom. The van der Waals surface area contributed by atoms with Crippen molar-refractivity contribution in [2.45, 2.75) is 37.3 Å². The molecule has 5 nitrogen and oxygen atoms in total. The predicted molar refractivity (Wildman–Crippen MR) is 99.2 cm³/mol. The summed E-state index contributed by atoms with van der Waals surface area (Å²) in [4.78, 5) is 24.0. The van der Waals surface area contributed by atoms with Crippen LogP contribution in [0.5, 0.6) is 0 Å². The summed E-state index contributed by atoms with van der Waals surface area (Å²) in [5, 5.41) is 2.79. The Morgan fingerprint density at radius 1 is 1.15 bits per heavy atom. The number of carbonyl (C=O) groups is 1. The number of thioether (sulfide) groups is 1. The SMILES string of the molecule is Cc1nc(N2CCCC2)nc(C)c1NC(=O)c1ccccc1SC(F)F. The van der Waals surface area contributed by atoms with Gasteiger partial charge >= 0.3 is 0 Å². The van der Waals surface area contributed by atoms with Gasteiger partial charge in [-0.1, -0.05) is 23.9 Å². The molecule has 8 heteroatoms. The molecule has 2 aromatic rings. The molecule has 0 unspecified atom stereocenters. The lowest BCUT2D eigenvalue weighted by Crippen LogP contribution is -2.22. The standard InChI is InChI=1S/C18H20F2N4OS/c1-11-15(12(2)22-18(21-11)24-9-5-6-10-24)23-16(25)13-7-3-4-8-14(13)26-17(19)20/h3-4,7-8,17H,5-6,9-10H2,1-2H3,(H,23,25). The average molecular weight is 378 g/mol. The third-order valence-electron chi connectivity index (χ3n) is 4.23. The maximum absolute atomic E-state index is 12.7. The van der Waals surface area contributed by atoms with Gasteiger partial charge in [0.15, 0.2) is 0 Å². The van der Waals surface area contributed by atoms with Crippen molar-refractivity contribution in [1.82, 2.24) is 9.97 Å². The minimum atomic E-state index is -2.59. The fourth-order valence-corrected chi connectivity index (χ4v) is 3.61. The summed E-state index contributed by atoms with van der Waals surface area (Å²) in [6, 6.07) is 6.33. The smallest absolute Gasteiger partial charge is 0.288 e. The van der Waals surface area contributed by atoms with Crippen LogP contribution in [0.2, 0.25) is 0 Å². The molecule has 0 atom stereocenters. The number of anilines is 2. The van der Waals surface area contributed by atoms with E-state index in [9.17, 15) is 13.6 Å². The Bertz CT molecular complexity index is 787. The monoisotopic (exact) mass is 378 g/mol. The van der Waals surface area contributed by atoms with E-state index < -0.39 is 11.7 Å². The number of halogens is 2. The maximum Gasteiger partial charge on any atom is 0.288 e. The van der Waals surface area contributed by atoms with Crippen LogP contribution in [0.25, 0.3) is 0 Å². The minimum absolute atomic E-state index is 0.209. The predicted octanol–water partition coefficient (Wildman–Crippen LogP) is 4.26. The highest BCUT2D eigenvalue weighted by atomic mass is 32.2. The van der Waals surface area contributed by atoms with Crippen LogP contribution in [-0.4, -0.2) is 34.7 Å². The molecule has 1 amide bonds. The summed E-state index contributed by atoms with van der Waals surface area (Å²) in [6.45, 7) is 5.49. The Hall–Kier alpha value is -2.22. The fourth-order valence-electron chi connectivity index (χ4n) is 2.97. The summed E-state index contributed by atoms with van der Waals surface area (Å²) in [6.07, 6.45) is 2.25. The van der Waals surface area contributed by atoms with Crippen LogP contribution >= 0.6 is 11.8 Å². The Morgan fingerprint density at radius 2 is 1.77 bits per heavy atom. The van der Waals surface area contributed by atoms with Gasteiger partial charge in [0, 0.05) is 18.0 Å². The summed E-state index contributed by atoms with van der Waals surface area (Å²) in [5.74, 6) is -2.36. The van der Waals surface area contributed by atoms with Crippen LogP contribution < -0.4 is 10.2 Å². The average Bonchev–Trinajstić information content (AvgIpc) is 3.12. The molecule has 0 spiro atoms. The van der Waals surface area contributed by atoms with Crippen molar-refractivity contribution in [2.75, 3.05) is 23.3 Å². The van der Waals surface area contributed by atoms with Crippen LogP contribution in [0.3, 0.4) is 0 Å². The molecule has 1 aliphatic rings. The number of nitrogens with one attached hydrogen (secondary N) is 1. The number of hydrogen-bond acceptors (Lipinski definition) is 5. The van der Waals surface area contributed by atoms with Crippen molar-refractivity contribution in [3.63, 3.8) is 0 Å². The molecule has 0 bridgehead atoms. The number of rotatable bonds is 5. The molecule has 0 aliphatic carbocycles. The van der Waals surface area contributed by atoms with Gasteiger partial charge in [-0.15, -0.1) is 0 Å². The van der Waals surface area contributed by atoms with Crippen LogP contribution in [0, 0.1) is 13.8 Å². The molecule has 1 aliphatic heterocycles. The Kier molecular flexibility index (Phi) is 5.70. The van der Waals surface area contributed by atoms with Crippen molar-refractivity contribution in [3.8, 4) is 0 Å². The maximum atomic E-state index is 12.7. The van der Waals surface area contributed by atoms with Crippen LogP contribution in [0.4, 0.5) is 20.4 Å². The molecule has 1 N–H and O–H groups in total. The van der Waals surface area contributed by atoms with Gasteiger partial charge in [0.1, 0.15) is 0 Å². The summed E-state index contributed by atoms with van der Waals surface area (Å²) >= 11 is 0.360. The third kappa shape index (κ3) is 4.12. The first-order chi connectivity index (χ1) is 12.5. The zero-order chi connectivity index (χ0) is 18.7. The Labute approximate surface area is 155 Å². The van der Waals surface area contributed by atoms with E-state index in [4.69, 9.17) is 0 Å². The molecule has 1 aromatic carbocycles. The van der Waals surface area contributed by atoms with Crippen LogP contribution in [-0.2, 0) is 0 Å². The van der Waals surface area contributed by atoms with Crippen molar-refractivity contribution in [3.05, 3.63) is 41.2 Å². The molecular weight excluding hydrogens is 358 g/mol. The number of benzene rings is 1. The highest BCUT2D eigenvalue weighted by Crippen LogP contribution is 2.29. The molecule has 0 saturated carbocycles. The molecule has 1 aromatic heterocycles. The van der Waals surface area contributed by atoms with E-state index in [2.05, 4.69) is 20.2 Å². The van der Waals surface area contributed by atoms with Crippen LogP contribution in [0.1, 0.15) is 34.6 Å². The summed E-state index contributed by atoms with van der Waals surface area (Å²) in [5.41, 5.74) is 2.05. The number of carbonyl (C=O) groups excluding carboxylic acids is 1. The highest BCUT2D eigenvalue weighted by Gasteiger charge is 2.20. The van der Waals surface area contributed by atoms with Crippen LogP contribution in [0.15, 0.2) is 29.2 Å². The number of aromatic nitrogens is 2. The molecule has 138 valence electrons. The van der Waals surface area contributed by atoms with E-state index in [1.165, 1.54) is 12.1 Å². The van der Waals surface area contributed by atoms with Gasteiger partial charge in [-0.2, -0.15) is 8.78 Å². The number of hydrogen-bond donors (Lipinski definition) is 1. The van der Waals surface area contributed by atoms with Crippen molar-refractivity contribution >= 4 is 29.3 Å². The van der Waals surface area contributed by atoms with Crippen molar-refractivity contribution < 1.29 is 13.6 Å². The van der Waals surface area contributed by atoms with Gasteiger partial charge in [0.2, 0.25) is 5.95 Å². The van der Waals surface area contributed by atoms with Gasteiger partial charge < -0.3 is 10.2 Å². The lowest BCUT2D eigenvalue weighted by Gasteiger charge is -2.18. The van der Waals surface area contributed by atoms with E-state index in [-0.39, 0.29) is 10.5 Å². The molecule has 3 rings (SSSR count). The zero-order valence-electron chi connectivity index (χ0n) is 14.6. The molecular formula is C18H20F2N4OS. The first-order valence-corrected chi connectivity index (χ1v) is 9.29. The molecule has 2 heterocycles. The van der Waals surface area contributed by atoms with E-state index in [0.29, 0.717) is 34.8 Å².